The first-order valence-electron chi connectivity index (χ1n) is 7.97. The number of hydrogen-bond donors (Lipinski definition) is 1. The van der Waals surface area contributed by atoms with Crippen molar-refractivity contribution in [2.45, 2.75) is 19.8 Å². The maximum absolute atomic E-state index is 12.6. The summed E-state index contributed by atoms with van der Waals surface area (Å²) >= 11 is 1.27. The lowest BCUT2D eigenvalue weighted by Crippen LogP contribution is -2.41. The smallest absolute Gasteiger partial charge is 0.357 e. The number of aromatic nitrogens is 3. The summed E-state index contributed by atoms with van der Waals surface area (Å²) in [6.45, 7) is 3.16. The van der Waals surface area contributed by atoms with Gasteiger partial charge < -0.3 is 15.0 Å². The number of ether oxygens (including phenoxy) is 1. The standard InChI is InChI=1S/C16H19N5O3S/c1-10-12(14(23)24-2)19-16(25-10)20-13(22)11-5-3-8-21(9-11)15-17-6-4-7-18-15/h4,6-7,11H,3,5,8-9H2,1-2H3,(H,19,20,22)/t11-/m0/s1. The second-order valence-electron chi connectivity index (χ2n) is 5.74. The van der Waals surface area contributed by atoms with E-state index >= 15 is 0 Å². The number of nitrogens with zero attached hydrogens (tertiary/aromatic N) is 4. The topological polar surface area (TPSA) is 97.3 Å². The molecule has 0 aromatic carbocycles. The SMILES string of the molecule is COC(=O)c1nc(NC(=O)[C@H]2CCCN(c3ncccn3)C2)sc1C. The Balaban J connectivity index is 1.66. The van der Waals surface area contributed by atoms with Crippen molar-refractivity contribution in [2.75, 3.05) is 30.4 Å². The number of thiazole rings is 1. The molecule has 1 amide bonds. The van der Waals surface area contributed by atoms with Crippen LogP contribution in [0.4, 0.5) is 11.1 Å². The molecule has 3 rings (SSSR count). The molecular formula is C16H19N5O3S. The molecule has 1 atom stereocenters. The number of carbonyl (C=O) groups excluding carboxylic acids is 2. The fourth-order valence-corrected chi connectivity index (χ4v) is 3.57. The zero-order valence-electron chi connectivity index (χ0n) is 14.1. The molecule has 1 aliphatic rings. The minimum atomic E-state index is -0.501. The van der Waals surface area contributed by atoms with Gasteiger partial charge >= 0.3 is 5.97 Å². The molecule has 0 saturated carbocycles. The summed E-state index contributed by atoms with van der Waals surface area (Å²) in [5.74, 6) is -0.147. The van der Waals surface area contributed by atoms with Crippen LogP contribution in [-0.4, -0.2) is 47.0 Å². The van der Waals surface area contributed by atoms with Crippen LogP contribution in [0.5, 0.6) is 0 Å². The van der Waals surface area contributed by atoms with Crippen molar-refractivity contribution < 1.29 is 14.3 Å². The first-order valence-corrected chi connectivity index (χ1v) is 8.78. The summed E-state index contributed by atoms with van der Waals surface area (Å²) in [6.07, 6.45) is 5.07. The van der Waals surface area contributed by atoms with E-state index < -0.39 is 5.97 Å². The molecule has 8 nitrogen and oxygen atoms in total. The van der Waals surface area contributed by atoms with Crippen molar-refractivity contribution in [3.63, 3.8) is 0 Å². The molecule has 3 heterocycles. The monoisotopic (exact) mass is 361 g/mol. The van der Waals surface area contributed by atoms with Crippen molar-refractivity contribution in [2.24, 2.45) is 5.92 Å². The van der Waals surface area contributed by atoms with E-state index in [0.29, 0.717) is 22.5 Å². The first kappa shape index (κ1) is 17.3. The first-order chi connectivity index (χ1) is 12.1. The van der Waals surface area contributed by atoms with E-state index in [1.165, 1.54) is 18.4 Å². The number of methoxy groups -OCH3 is 1. The van der Waals surface area contributed by atoms with Crippen molar-refractivity contribution in [1.82, 2.24) is 15.0 Å². The third kappa shape index (κ3) is 3.93. The second-order valence-corrected chi connectivity index (χ2v) is 6.94. The molecule has 0 spiro atoms. The van der Waals surface area contributed by atoms with E-state index in [4.69, 9.17) is 0 Å². The van der Waals surface area contributed by atoms with Crippen molar-refractivity contribution >= 4 is 34.3 Å². The van der Waals surface area contributed by atoms with E-state index in [9.17, 15) is 9.59 Å². The van der Waals surface area contributed by atoms with Gasteiger partial charge in [0.1, 0.15) is 0 Å². The number of anilines is 2. The number of carbonyl (C=O) groups is 2. The van der Waals surface area contributed by atoms with Crippen LogP contribution >= 0.6 is 11.3 Å². The van der Waals surface area contributed by atoms with Crippen LogP contribution in [0.3, 0.4) is 0 Å². The Morgan fingerprint density at radius 2 is 2.12 bits per heavy atom. The minimum Gasteiger partial charge on any atom is -0.464 e. The Kier molecular flexibility index (Phi) is 5.22. The van der Waals surface area contributed by atoms with Crippen molar-refractivity contribution in [3.8, 4) is 0 Å². The van der Waals surface area contributed by atoms with Crippen molar-refractivity contribution in [1.29, 1.82) is 0 Å². The summed E-state index contributed by atoms with van der Waals surface area (Å²) in [6, 6.07) is 1.77. The zero-order valence-corrected chi connectivity index (χ0v) is 14.9. The number of piperidine rings is 1. The molecule has 25 heavy (non-hydrogen) atoms. The molecule has 2 aromatic heterocycles. The van der Waals surface area contributed by atoms with E-state index in [-0.39, 0.29) is 17.5 Å². The lowest BCUT2D eigenvalue weighted by Gasteiger charge is -2.31. The fourth-order valence-electron chi connectivity index (χ4n) is 2.77. The van der Waals surface area contributed by atoms with E-state index in [0.717, 1.165) is 19.4 Å². The number of rotatable bonds is 4. The molecule has 0 radical (unpaired) electrons. The van der Waals surface area contributed by atoms with Crippen LogP contribution in [0.1, 0.15) is 28.2 Å². The minimum absolute atomic E-state index is 0.106. The van der Waals surface area contributed by atoms with E-state index in [1.807, 2.05) is 4.90 Å². The van der Waals surface area contributed by atoms with E-state index in [1.54, 1.807) is 25.4 Å². The molecule has 0 aliphatic carbocycles. The van der Waals surface area contributed by atoms with Gasteiger partial charge in [0.15, 0.2) is 10.8 Å². The van der Waals surface area contributed by atoms with Crippen LogP contribution in [-0.2, 0) is 9.53 Å². The molecule has 1 fully saturated rings. The van der Waals surface area contributed by atoms with Gasteiger partial charge in [-0.2, -0.15) is 0 Å². The van der Waals surface area contributed by atoms with Gasteiger partial charge in [0.2, 0.25) is 11.9 Å². The molecule has 0 bridgehead atoms. The lowest BCUT2D eigenvalue weighted by atomic mass is 9.97. The van der Waals surface area contributed by atoms with Crippen LogP contribution in [0.25, 0.3) is 0 Å². The van der Waals surface area contributed by atoms with Crippen LogP contribution in [0, 0.1) is 12.8 Å². The van der Waals surface area contributed by atoms with Gasteiger partial charge in [-0.3, -0.25) is 4.79 Å². The molecule has 1 aliphatic heterocycles. The molecule has 9 heteroatoms. The fraction of sp³-hybridized carbons (Fsp3) is 0.438. The number of aryl methyl sites for hydroxylation is 1. The van der Waals surface area contributed by atoms with Gasteiger partial charge in [0.25, 0.3) is 0 Å². The molecule has 1 saturated heterocycles. The van der Waals surface area contributed by atoms with Crippen LogP contribution in [0.15, 0.2) is 18.5 Å². The maximum Gasteiger partial charge on any atom is 0.357 e. The average molecular weight is 361 g/mol. The van der Waals surface area contributed by atoms with Gasteiger partial charge in [0, 0.05) is 30.4 Å². The molecule has 0 unspecified atom stereocenters. The Morgan fingerprint density at radius 1 is 1.36 bits per heavy atom. The number of esters is 1. The molecule has 1 N–H and O–H groups in total. The Labute approximate surface area is 149 Å². The Morgan fingerprint density at radius 3 is 2.84 bits per heavy atom. The number of amides is 1. The summed E-state index contributed by atoms with van der Waals surface area (Å²) < 4.78 is 4.69. The van der Waals surface area contributed by atoms with Gasteiger partial charge in [-0.25, -0.2) is 19.7 Å². The zero-order chi connectivity index (χ0) is 17.8. The summed E-state index contributed by atoms with van der Waals surface area (Å²) in [4.78, 5) is 39.6. The van der Waals surface area contributed by atoms with Gasteiger partial charge in [-0.05, 0) is 25.8 Å². The highest BCUT2D eigenvalue weighted by Crippen LogP contribution is 2.25. The normalized spacial score (nSPS) is 17.2. The summed E-state index contributed by atoms with van der Waals surface area (Å²) in [5, 5.41) is 3.23. The maximum atomic E-state index is 12.6. The molecular weight excluding hydrogens is 342 g/mol. The van der Waals surface area contributed by atoms with Crippen LogP contribution < -0.4 is 10.2 Å². The van der Waals surface area contributed by atoms with E-state index in [2.05, 4.69) is 25.0 Å². The molecule has 132 valence electrons. The Hall–Kier alpha value is -2.55. The highest BCUT2D eigenvalue weighted by Gasteiger charge is 2.28. The van der Waals surface area contributed by atoms with Gasteiger partial charge in [-0.1, -0.05) is 0 Å². The summed E-state index contributed by atoms with van der Waals surface area (Å²) in [5.41, 5.74) is 0.241. The highest BCUT2D eigenvalue weighted by atomic mass is 32.1. The predicted molar refractivity (Wildman–Crippen MR) is 93.8 cm³/mol. The number of hydrogen-bond acceptors (Lipinski definition) is 8. The van der Waals surface area contributed by atoms with Gasteiger partial charge in [0.05, 0.1) is 13.0 Å². The Bertz CT molecular complexity index is 764. The third-order valence-electron chi connectivity index (χ3n) is 4.03. The van der Waals surface area contributed by atoms with Crippen LogP contribution in [0.2, 0.25) is 0 Å². The third-order valence-corrected chi connectivity index (χ3v) is 4.92. The average Bonchev–Trinajstić information content (AvgIpc) is 3.02. The highest BCUT2D eigenvalue weighted by molar-refractivity contribution is 7.16. The quantitative estimate of drug-likeness (QED) is 0.830. The molecule has 2 aromatic rings. The van der Waals surface area contributed by atoms with Gasteiger partial charge in [-0.15, -0.1) is 11.3 Å². The lowest BCUT2D eigenvalue weighted by molar-refractivity contribution is -0.120. The second kappa shape index (κ2) is 7.56. The summed E-state index contributed by atoms with van der Waals surface area (Å²) in [7, 11) is 1.31. The number of nitrogens with one attached hydrogen (secondary N) is 1. The predicted octanol–water partition coefficient (Wildman–Crippen LogP) is 1.88. The van der Waals surface area contributed by atoms with Crippen molar-refractivity contribution in [3.05, 3.63) is 29.0 Å². The largest absolute Gasteiger partial charge is 0.464 e.